The van der Waals surface area contributed by atoms with Gasteiger partial charge in [-0.2, -0.15) is 5.10 Å². The van der Waals surface area contributed by atoms with Crippen LogP contribution >= 0.6 is 0 Å². The van der Waals surface area contributed by atoms with Crippen LogP contribution in [0.2, 0.25) is 0 Å². The molecule has 1 atom stereocenters. The first-order valence-electron chi connectivity index (χ1n) is 10.7. The molecule has 1 unspecified atom stereocenters. The van der Waals surface area contributed by atoms with Crippen molar-refractivity contribution in [3.8, 4) is 0 Å². The number of hydrazone groups is 1. The maximum atomic E-state index is 13.3. The van der Waals surface area contributed by atoms with Gasteiger partial charge in [-0.15, -0.1) is 0 Å². The van der Waals surface area contributed by atoms with Gasteiger partial charge in [0.1, 0.15) is 11.8 Å². The molecule has 1 aliphatic heterocycles. The molecule has 168 valence electrons. The van der Waals surface area contributed by atoms with Crippen molar-refractivity contribution in [3.63, 3.8) is 0 Å². The summed E-state index contributed by atoms with van der Waals surface area (Å²) in [6, 6.07) is 15.9. The van der Waals surface area contributed by atoms with Crippen LogP contribution in [0.15, 0.2) is 59.7 Å². The Labute approximate surface area is 187 Å². The highest BCUT2D eigenvalue weighted by Gasteiger charge is 2.37. The smallest absolute Gasteiger partial charge is 0.354 e. The second kappa shape index (κ2) is 10.6. The molecule has 0 saturated carbocycles. The van der Waals surface area contributed by atoms with Crippen molar-refractivity contribution in [1.82, 2.24) is 4.90 Å². The molecule has 1 heterocycles. The van der Waals surface area contributed by atoms with Gasteiger partial charge in [0, 0.05) is 32.1 Å². The van der Waals surface area contributed by atoms with Gasteiger partial charge >= 0.3 is 5.97 Å². The maximum absolute atomic E-state index is 13.3. The first-order chi connectivity index (χ1) is 15.4. The molecule has 0 bridgehead atoms. The number of para-hydroxylation sites is 2. The molecule has 2 amide bonds. The van der Waals surface area contributed by atoms with E-state index in [1.54, 1.807) is 22.9 Å². The summed E-state index contributed by atoms with van der Waals surface area (Å²) < 4.78 is 5.09. The Morgan fingerprint density at radius 3 is 2.44 bits per heavy atom. The van der Waals surface area contributed by atoms with Crippen LogP contribution in [0.5, 0.6) is 0 Å². The fraction of sp³-hybridized carbons (Fsp3) is 0.333. The monoisotopic (exact) mass is 436 g/mol. The zero-order valence-corrected chi connectivity index (χ0v) is 18.6. The number of hydrogen-bond donors (Lipinski definition) is 1. The standard InChI is InChI=1S/C24H28N4O4/c1-4-27(17(3)29)16-18-11-9-10-14-20(18)25-23(30)22-15-21(24(31)32-5-2)26-28(22)19-12-7-6-8-13-19/h6-14,22H,4-5,15-16H2,1-3H3,(H,25,30). The van der Waals surface area contributed by atoms with Gasteiger partial charge in [0.15, 0.2) is 0 Å². The fourth-order valence-electron chi connectivity index (χ4n) is 3.52. The Balaban J connectivity index is 1.84. The Hall–Kier alpha value is -3.68. The molecule has 1 aliphatic rings. The van der Waals surface area contributed by atoms with Gasteiger partial charge < -0.3 is 15.0 Å². The number of carbonyl (C=O) groups excluding carboxylic acids is 3. The lowest BCUT2D eigenvalue weighted by atomic mass is 10.1. The molecular weight excluding hydrogens is 408 g/mol. The van der Waals surface area contributed by atoms with Crippen molar-refractivity contribution in [3.05, 3.63) is 60.2 Å². The number of hydrogen-bond acceptors (Lipinski definition) is 6. The first kappa shape index (κ1) is 23.0. The minimum Gasteiger partial charge on any atom is -0.461 e. The van der Waals surface area contributed by atoms with E-state index >= 15 is 0 Å². The van der Waals surface area contributed by atoms with Crippen molar-refractivity contribution in [2.75, 3.05) is 23.5 Å². The van der Waals surface area contributed by atoms with Crippen LogP contribution in [0.3, 0.4) is 0 Å². The third-order valence-corrected chi connectivity index (χ3v) is 5.21. The number of carbonyl (C=O) groups is 3. The molecule has 8 nitrogen and oxygen atoms in total. The average Bonchev–Trinajstić information content (AvgIpc) is 3.25. The normalized spacial score (nSPS) is 15.2. The average molecular weight is 437 g/mol. The van der Waals surface area contributed by atoms with Crippen LogP contribution in [0.1, 0.15) is 32.8 Å². The van der Waals surface area contributed by atoms with E-state index in [1.807, 2.05) is 55.5 Å². The highest BCUT2D eigenvalue weighted by atomic mass is 16.5. The lowest BCUT2D eigenvalue weighted by Gasteiger charge is -2.24. The minimum absolute atomic E-state index is 0.0350. The molecule has 0 saturated heterocycles. The number of rotatable bonds is 8. The predicted octanol–water partition coefficient (Wildman–Crippen LogP) is 3.19. The van der Waals surface area contributed by atoms with Crippen LogP contribution in [-0.4, -0.2) is 47.6 Å². The molecule has 32 heavy (non-hydrogen) atoms. The Morgan fingerprint density at radius 2 is 1.78 bits per heavy atom. The topological polar surface area (TPSA) is 91.3 Å². The Morgan fingerprint density at radius 1 is 1.09 bits per heavy atom. The van der Waals surface area contributed by atoms with Crippen molar-refractivity contribution in [2.45, 2.75) is 39.8 Å². The Bertz CT molecular complexity index is 1010. The third-order valence-electron chi connectivity index (χ3n) is 5.21. The SMILES string of the molecule is CCOC(=O)C1=NN(c2ccccc2)C(C(=O)Nc2ccccc2CN(CC)C(C)=O)C1. The Kier molecular flexibility index (Phi) is 7.59. The second-order valence-electron chi connectivity index (χ2n) is 7.35. The number of ether oxygens (including phenoxy) is 1. The highest BCUT2D eigenvalue weighted by Crippen LogP contribution is 2.27. The molecule has 1 N–H and O–H groups in total. The number of benzene rings is 2. The summed E-state index contributed by atoms with van der Waals surface area (Å²) in [5, 5.41) is 8.91. The maximum Gasteiger partial charge on any atom is 0.354 e. The quantitative estimate of drug-likeness (QED) is 0.642. The summed E-state index contributed by atoms with van der Waals surface area (Å²) >= 11 is 0. The van der Waals surface area contributed by atoms with Crippen LogP contribution in [-0.2, 0) is 25.7 Å². The lowest BCUT2D eigenvalue weighted by molar-refractivity contribution is -0.135. The van der Waals surface area contributed by atoms with Crippen molar-refractivity contribution >= 4 is 34.9 Å². The van der Waals surface area contributed by atoms with Gasteiger partial charge in [0.2, 0.25) is 11.8 Å². The van der Waals surface area contributed by atoms with E-state index in [2.05, 4.69) is 10.4 Å². The van der Waals surface area contributed by atoms with Crippen molar-refractivity contribution < 1.29 is 19.1 Å². The van der Waals surface area contributed by atoms with Crippen LogP contribution in [0.25, 0.3) is 0 Å². The van der Waals surface area contributed by atoms with Gasteiger partial charge in [-0.1, -0.05) is 36.4 Å². The molecule has 0 radical (unpaired) electrons. The number of esters is 1. The molecule has 3 rings (SSSR count). The number of amides is 2. The van der Waals surface area contributed by atoms with Gasteiger partial charge in [-0.3, -0.25) is 14.6 Å². The second-order valence-corrected chi connectivity index (χ2v) is 7.35. The molecule has 0 aromatic heterocycles. The van der Waals surface area contributed by atoms with Crippen LogP contribution in [0.4, 0.5) is 11.4 Å². The van der Waals surface area contributed by atoms with E-state index in [9.17, 15) is 14.4 Å². The van der Waals surface area contributed by atoms with E-state index in [0.29, 0.717) is 24.5 Å². The molecular formula is C24H28N4O4. The summed E-state index contributed by atoms with van der Waals surface area (Å²) in [7, 11) is 0. The van der Waals surface area contributed by atoms with E-state index in [-0.39, 0.29) is 30.6 Å². The van der Waals surface area contributed by atoms with Gasteiger partial charge in [0.05, 0.1) is 12.3 Å². The van der Waals surface area contributed by atoms with Crippen molar-refractivity contribution in [1.29, 1.82) is 0 Å². The summed E-state index contributed by atoms with van der Waals surface area (Å²) in [6.07, 6.45) is 0.135. The minimum atomic E-state index is -0.708. The van der Waals surface area contributed by atoms with E-state index in [1.165, 1.54) is 6.92 Å². The highest BCUT2D eigenvalue weighted by molar-refractivity contribution is 6.38. The largest absolute Gasteiger partial charge is 0.461 e. The van der Waals surface area contributed by atoms with Crippen LogP contribution in [0, 0.1) is 0 Å². The van der Waals surface area contributed by atoms with Gasteiger partial charge in [-0.05, 0) is 37.6 Å². The van der Waals surface area contributed by atoms with E-state index < -0.39 is 12.0 Å². The summed E-state index contributed by atoms with van der Waals surface area (Å²) in [4.78, 5) is 39.1. The molecule has 2 aromatic rings. The first-order valence-corrected chi connectivity index (χ1v) is 10.7. The number of nitrogens with one attached hydrogen (secondary N) is 1. The lowest BCUT2D eigenvalue weighted by Crippen LogP contribution is -2.39. The van der Waals surface area contributed by atoms with Crippen LogP contribution < -0.4 is 10.3 Å². The van der Waals surface area contributed by atoms with Crippen molar-refractivity contribution in [2.24, 2.45) is 5.10 Å². The van der Waals surface area contributed by atoms with Gasteiger partial charge in [0.25, 0.3) is 0 Å². The molecule has 8 heteroatoms. The third kappa shape index (κ3) is 5.32. The summed E-state index contributed by atoms with van der Waals surface area (Å²) in [5.41, 5.74) is 2.36. The summed E-state index contributed by atoms with van der Waals surface area (Å²) in [6.45, 7) is 6.35. The molecule has 0 aliphatic carbocycles. The van der Waals surface area contributed by atoms with Gasteiger partial charge in [-0.25, -0.2) is 4.79 Å². The fourth-order valence-corrected chi connectivity index (χ4v) is 3.52. The molecule has 2 aromatic carbocycles. The predicted molar refractivity (Wildman–Crippen MR) is 123 cm³/mol. The molecule has 0 fully saturated rings. The zero-order valence-electron chi connectivity index (χ0n) is 18.6. The van der Waals surface area contributed by atoms with E-state index in [4.69, 9.17) is 4.74 Å². The number of nitrogens with zero attached hydrogens (tertiary/aromatic N) is 3. The number of anilines is 2. The van der Waals surface area contributed by atoms with E-state index in [0.717, 1.165) is 5.56 Å². The zero-order chi connectivity index (χ0) is 23.1. The molecule has 0 spiro atoms. The summed E-state index contributed by atoms with van der Waals surface area (Å²) in [5.74, 6) is -0.855.